The van der Waals surface area contributed by atoms with Gasteiger partial charge in [-0.1, -0.05) is 0 Å². The summed E-state index contributed by atoms with van der Waals surface area (Å²) in [7, 11) is -9.08. The maximum atomic E-state index is 13.4. The Morgan fingerprint density at radius 1 is 0.912 bits per heavy atom. The third-order valence-electron chi connectivity index (χ3n) is 5.32. The van der Waals surface area contributed by atoms with Gasteiger partial charge in [0.25, 0.3) is 0 Å². The molecule has 0 aliphatic carbocycles. The number of hydrogen-bond acceptors (Lipinski definition) is 9. The zero-order valence-electron chi connectivity index (χ0n) is 18.5. The summed E-state index contributed by atoms with van der Waals surface area (Å²) in [6.45, 7) is -0.756. The van der Waals surface area contributed by atoms with Gasteiger partial charge in [-0.05, 0) is 48.5 Å². The number of sulfonamides is 2. The number of ether oxygens (including phenoxy) is 2. The Kier molecular flexibility index (Phi) is 7.89. The lowest BCUT2D eigenvalue weighted by molar-refractivity contribution is 0.128. The number of methoxy groups -OCH3 is 2. The smallest absolute Gasteiger partial charge is 0.243 e. The normalized spacial score (nSPS) is 20.4. The number of aliphatic hydroxyl groups is 1. The van der Waals surface area contributed by atoms with E-state index in [1.54, 1.807) is 0 Å². The zero-order valence-corrected chi connectivity index (χ0v) is 20.9. The Balaban J connectivity index is 1.85. The predicted octanol–water partition coefficient (Wildman–Crippen LogP) is -0.169. The van der Waals surface area contributed by atoms with Gasteiger partial charge in [0.2, 0.25) is 20.0 Å². The summed E-state index contributed by atoms with van der Waals surface area (Å²) in [5.41, 5.74) is 0. The van der Waals surface area contributed by atoms with Gasteiger partial charge in [-0.15, -0.1) is 0 Å². The minimum absolute atomic E-state index is 0.0543. The van der Waals surface area contributed by atoms with Crippen molar-refractivity contribution in [2.45, 2.75) is 21.9 Å². The van der Waals surface area contributed by atoms with Crippen LogP contribution in [-0.4, -0.2) is 85.6 Å². The predicted molar refractivity (Wildman–Crippen MR) is 124 cm³/mol. The second-order valence-electron chi connectivity index (χ2n) is 7.58. The second-order valence-corrected chi connectivity index (χ2v) is 13.4. The van der Waals surface area contributed by atoms with Crippen molar-refractivity contribution in [3.63, 3.8) is 0 Å². The van der Waals surface area contributed by atoms with E-state index in [2.05, 4.69) is 4.72 Å². The Bertz CT molecular complexity index is 1310. The lowest BCUT2D eigenvalue weighted by atomic mass is 10.2. The van der Waals surface area contributed by atoms with E-state index >= 15 is 0 Å². The van der Waals surface area contributed by atoms with Crippen LogP contribution in [0, 0.1) is 0 Å². The molecule has 1 aliphatic rings. The largest absolute Gasteiger partial charge is 0.497 e. The standard InChI is InChI=1S/C20H26N2O9S3/c1-30-15-3-7-17(8-4-15)33(26,27)21-11-12-22(19-13-32(24,25)14-20(19)23)34(28,29)18-9-5-16(31-2)6-10-18/h3-10,19-21,23H,11-14H2,1-2H3/t19-,20+/m0/s1. The fraction of sp³-hybridized carbons (Fsp3) is 0.400. The monoisotopic (exact) mass is 534 g/mol. The molecule has 0 amide bonds. The van der Waals surface area contributed by atoms with Crippen LogP contribution in [0.5, 0.6) is 11.5 Å². The summed E-state index contributed by atoms with van der Waals surface area (Å²) < 4.78 is 89.2. The Labute approximate surface area is 199 Å². The van der Waals surface area contributed by atoms with Crippen molar-refractivity contribution in [3.05, 3.63) is 48.5 Å². The van der Waals surface area contributed by atoms with Gasteiger partial charge < -0.3 is 14.6 Å². The van der Waals surface area contributed by atoms with Crippen LogP contribution in [0.15, 0.2) is 58.3 Å². The van der Waals surface area contributed by atoms with Gasteiger partial charge in [-0.3, -0.25) is 0 Å². The van der Waals surface area contributed by atoms with Crippen molar-refractivity contribution in [3.8, 4) is 11.5 Å². The molecular weight excluding hydrogens is 508 g/mol. The van der Waals surface area contributed by atoms with Crippen LogP contribution in [0.2, 0.25) is 0 Å². The van der Waals surface area contributed by atoms with E-state index < -0.39 is 60.1 Å². The van der Waals surface area contributed by atoms with E-state index in [1.807, 2.05) is 0 Å². The third kappa shape index (κ3) is 5.87. The van der Waals surface area contributed by atoms with Crippen LogP contribution in [0.1, 0.15) is 0 Å². The molecule has 1 fully saturated rings. The molecule has 2 N–H and O–H groups in total. The highest BCUT2D eigenvalue weighted by atomic mass is 32.2. The van der Waals surface area contributed by atoms with E-state index in [1.165, 1.54) is 62.8 Å². The maximum absolute atomic E-state index is 13.4. The van der Waals surface area contributed by atoms with Crippen LogP contribution in [0.25, 0.3) is 0 Å². The zero-order chi connectivity index (χ0) is 25.1. The van der Waals surface area contributed by atoms with Crippen LogP contribution in [0.3, 0.4) is 0 Å². The highest BCUT2D eigenvalue weighted by molar-refractivity contribution is 7.92. The molecule has 1 aliphatic heterocycles. The fourth-order valence-corrected chi connectivity index (χ4v) is 8.13. The molecule has 14 heteroatoms. The summed E-state index contributed by atoms with van der Waals surface area (Å²) in [4.78, 5) is -0.204. The first-order chi connectivity index (χ1) is 15.9. The molecule has 11 nitrogen and oxygen atoms in total. The van der Waals surface area contributed by atoms with Gasteiger partial charge in [0.1, 0.15) is 11.5 Å². The van der Waals surface area contributed by atoms with E-state index in [9.17, 15) is 30.4 Å². The molecule has 0 radical (unpaired) electrons. The number of rotatable bonds is 10. The number of sulfone groups is 1. The Hall–Kier alpha value is -2.23. The van der Waals surface area contributed by atoms with Gasteiger partial charge in [-0.25, -0.2) is 30.0 Å². The van der Waals surface area contributed by atoms with Crippen LogP contribution in [0.4, 0.5) is 0 Å². The van der Waals surface area contributed by atoms with Crippen LogP contribution < -0.4 is 14.2 Å². The summed E-state index contributed by atoms with van der Waals surface area (Å²) in [5.74, 6) is -0.271. The first-order valence-corrected chi connectivity index (χ1v) is 14.8. The lowest BCUT2D eigenvalue weighted by Crippen LogP contribution is -2.49. The average Bonchev–Trinajstić information content (AvgIpc) is 3.08. The average molecular weight is 535 g/mol. The molecule has 1 heterocycles. The number of benzene rings is 2. The molecular formula is C20H26N2O9S3. The first-order valence-electron chi connectivity index (χ1n) is 10.1. The Morgan fingerprint density at radius 3 is 1.85 bits per heavy atom. The minimum atomic E-state index is -4.28. The number of hydrogen-bond donors (Lipinski definition) is 2. The summed E-state index contributed by atoms with van der Waals surface area (Å²) in [5, 5.41) is 10.3. The van der Waals surface area contributed by atoms with Crippen LogP contribution in [-0.2, 0) is 29.9 Å². The molecule has 2 aromatic rings. The van der Waals surface area contributed by atoms with Crippen molar-refractivity contribution in [1.29, 1.82) is 0 Å². The van der Waals surface area contributed by atoms with Crippen LogP contribution >= 0.6 is 0 Å². The highest BCUT2D eigenvalue weighted by Crippen LogP contribution is 2.26. The molecule has 0 bridgehead atoms. The van der Waals surface area contributed by atoms with Crippen molar-refractivity contribution in [1.82, 2.24) is 9.03 Å². The van der Waals surface area contributed by atoms with Gasteiger partial charge in [0, 0.05) is 13.1 Å². The summed E-state index contributed by atoms with van der Waals surface area (Å²) in [6.07, 6.45) is -1.45. The summed E-state index contributed by atoms with van der Waals surface area (Å²) >= 11 is 0. The number of nitrogens with zero attached hydrogens (tertiary/aromatic N) is 1. The van der Waals surface area contributed by atoms with E-state index in [4.69, 9.17) is 9.47 Å². The molecule has 0 saturated carbocycles. The topological polar surface area (TPSA) is 156 Å². The van der Waals surface area contributed by atoms with E-state index in [0.717, 1.165) is 4.31 Å². The Morgan fingerprint density at radius 2 is 1.41 bits per heavy atom. The molecule has 2 atom stereocenters. The SMILES string of the molecule is COc1ccc(S(=O)(=O)NCCN([C@H]2CS(=O)(=O)C[C@H]2O)S(=O)(=O)c2ccc(OC)cc2)cc1. The molecule has 0 spiro atoms. The second kappa shape index (κ2) is 10.2. The quantitative estimate of drug-likeness (QED) is 0.422. The van der Waals surface area contributed by atoms with Crippen molar-refractivity contribution in [2.24, 2.45) is 0 Å². The van der Waals surface area contributed by atoms with Gasteiger partial charge in [-0.2, -0.15) is 4.31 Å². The maximum Gasteiger partial charge on any atom is 0.243 e. The lowest BCUT2D eigenvalue weighted by Gasteiger charge is -2.29. The molecule has 1 saturated heterocycles. The van der Waals surface area contributed by atoms with Crippen molar-refractivity contribution in [2.75, 3.05) is 38.8 Å². The molecule has 2 aromatic carbocycles. The van der Waals surface area contributed by atoms with E-state index in [0.29, 0.717) is 11.5 Å². The van der Waals surface area contributed by atoms with Crippen molar-refractivity contribution < 1.29 is 39.8 Å². The molecule has 3 rings (SSSR count). The number of aliphatic hydroxyl groups excluding tert-OH is 1. The molecule has 0 aromatic heterocycles. The fourth-order valence-electron chi connectivity index (χ4n) is 3.56. The minimum Gasteiger partial charge on any atom is -0.497 e. The van der Waals surface area contributed by atoms with Gasteiger partial charge >= 0.3 is 0 Å². The van der Waals surface area contributed by atoms with Crippen molar-refractivity contribution >= 4 is 29.9 Å². The van der Waals surface area contributed by atoms with Gasteiger partial charge in [0.15, 0.2) is 9.84 Å². The third-order valence-corrected chi connectivity index (χ3v) is 10.4. The first kappa shape index (κ1) is 26.4. The molecule has 0 unspecified atom stereocenters. The molecule has 188 valence electrons. The highest BCUT2D eigenvalue weighted by Gasteiger charge is 2.44. The van der Waals surface area contributed by atoms with Gasteiger partial charge in [0.05, 0.1) is 47.7 Å². The van der Waals surface area contributed by atoms with E-state index in [-0.39, 0.29) is 16.3 Å². The number of nitrogens with one attached hydrogen (secondary N) is 1. The molecule has 34 heavy (non-hydrogen) atoms. The summed E-state index contributed by atoms with van der Waals surface area (Å²) in [6, 6.07) is 9.78.